The van der Waals surface area contributed by atoms with Crippen LogP contribution in [0.25, 0.3) is 10.2 Å². The summed E-state index contributed by atoms with van der Waals surface area (Å²) in [5.74, 6) is 0.498. The lowest BCUT2D eigenvalue weighted by molar-refractivity contribution is 0.0867. The Balaban J connectivity index is 2.30. The van der Waals surface area contributed by atoms with Gasteiger partial charge in [0.25, 0.3) is 0 Å². The monoisotopic (exact) mass is 236 g/mol. The molecule has 0 bridgehead atoms. The van der Waals surface area contributed by atoms with E-state index in [1.165, 1.54) is 15.3 Å². The number of hydrogen-bond acceptors (Lipinski definition) is 4. The molecule has 2 rings (SSSR count). The van der Waals surface area contributed by atoms with Crippen molar-refractivity contribution in [3.05, 3.63) is 28.8 Å². The summed E-state index contributed by atoms with van der Waals surface area (Å²) >= 11 is 1.78. The molecule has 0 saturated heterocycles. The van der Waals surface area contributed by atoms with Crippen LogP contribution in [-0.4, -0.2) is 12.1 Å². The molecule has 0 radical (unpaired) electrons. The van der Waals surface area contributed by atoms with Crippen LogP contribution in [0.5, 0.6) is 0 Å². The molecular formula is C12H16N2OS. The van der Waals surface area contributed by atoms with Crippen LogP contribution in [-0.2, 0) is 11.4 Å². The number of hydrogen-bond donors (Lipinski definition) is 1. The van der Waals surface area contributed by atoms with Gasteiger partial charge in [0, 0.05) is 12.5 Å². The number of nitrogens with zero attached hydrogens (tertiary/aromatic N) is 1. The van der Waals surface area contributed by atoms with Crippen molar-refractivity contribution in [3.8, 4) is 0 Å². The van der Waals surface area contributed by atoms with Gasteiger partial charge in [0.15, 0.2) is 0 Å². The summed E-state index contributed by atoms with van der Waals surface area (Å²) in [6, 6.07) is 6.35. The molecule has 0 spiro atoms. The molecule has 3 nitrogen and oxygen atoms in total. The van der Waals surface area contributed by atoms with Crippen molar-refractivity contribution in [3.63, 3.8) is 0 Å². The van der Waals surface area contributed by atoms with E-state index in [9.17, 15) is 0 Å². The Morgan fingerprint density at radius 2 is 2.25 bits per heavy atom. The first-order chi connectivity index (χ1) is 7.70. The molecular weight excluding hydrogens is 220 g/mol. The average molecular weight is 236 g/mol. The van der Waals surface area contributed by atoms with Crippen molar-refractivity contribution in [2.24, 2.45) is 0 Å². The second-order valence-corrected chi connectivity index (χ2v) is 5.10. The molecule has 16 heavy (non-hydrogen) atoms. The first-order valence-electron chi connectivity index (χ1n) is 5.36. The number of nitrogens with one attached hydrogen (secondary N) is 1. The minimum absolute atomic E-state index is 0.498. The van der Waals surface area contributed by atoms with Gasteiger partial charge in [-0.3, -0.25) is 0 Å². The fourth-order valence-corrected chi connectivity index (χ4v) is 2.45. The standard InChI is InChI=1S/C12H16N2OS/c1-8(2)12-14-10-6-9(7-13-15-3)4-5-11(10)16-12/h4-6,8,13H,7H2,1-3H3. The quantitative estimate of drug-likeness (QED) is 0.828. The van der Waals surface area contributed by atoms with E-state index in [-0.39, 0.29) is 0 Å². The molecule has 0 unspecified atom stereocenters. The lowest BCUT2D eigenvalue weighted by atomic mass is 10.2. The smallest absolute Gasteiger partial charge is 0.0963 e. The first-order valence-corrected chi connectivity index (χ1v) is 6.17. The second kappa shape index (κ2) is 4.91. The number of fused-ring (bicyclic) bond motifs is 1. The third kappa shape index (κ3) is 2.40. The van der Waals surface area contributed by atoms with Gasteiger partial charge in [0.05, 0.1) is 22.3 Å². The molecule has 4 heteroatoms. The Hall–Kier alpha value is -0.970. The van der Waals surface area contributed by atoms with E-state index in [1.54, 1.807) is 18.4 Å². The Morgan fingerprint density at radius 1 is 1.44 bits per heavy atom. The van der Waals surface area contributed by atoms with Crippen molar-refractivity contribution < 1.29 is 4.84 Å². The number of thiazole rings is 1. The van der Waals surface area contributed by atoms with E-state index < -0.39 is 0 Å². The van der Waals surface area contributed by atoms with Gasteiger partial charge in [-0.25, -0.2) is 4.98 Å². The average Bonchev–Trinajstić information content (AvgIpc) is 2.69. The van der Waals surface area contributed by atoms with Gasteiger partial charge in [0.2, 0.25) is 0 Å². The van der Waals surface area contributed by atoms with Gasteiger partial charge < -0.3 is 4.84 Å². The molecule has 0 amide bonds. The highest BCUT2D eigenvalue weighted by Gasteiger charge is 2.07. The van der Waals surface area contributed by atoms with Crippen LogP contribution >= 0.6 is 11.3 Å². The molecule has 1 N–H and O–H groups in total. The molecule has 1 heterocycles. The lowest BCUT2D eigenvalue weighted by Gasteiger charge is -2.00. The van der Waals surface area contributed by atoms with E-state index in [4.69, 9.17) is 4.84 Å². The minimum atomic E-state index is 0.498. The molecule has 86 valence electrons. The van der Waals surface area contributed by atoms with Gasteiger partial charge in [-0.15, -0.1) is 11.3 Å². The number of rotatable bonds is 4. The normalized spacial score (nSPS) is 11.5. The fraction of sp³-hybridized carbons (Fsp3) is 0.417. The summed E-state index contributed by atoms with van der Waals surface area (Å²) in [5.41, 5.74) is 5.11. The second-order valence-electron chi connectivity index (χ2n) is 4.03. The van der Waals surface area contributed by atoms with Crippen LogP contribution in [0.4, 0.5) is 0 Å². The maximum absolute atomic E-state index is 4.83. The van der Waals surface area contributed by atoms with Crippen LogP contribution in [0.2, 0.25) is 0 Å². The topological polar surface area (TPSA) is 34.1 Å². The molecule has 0 saturated carbocycles. The summed E-state index contributed by atoms with van der Waals surface area (Å²) in [7, 11) is 1.62. The SMILES string of the molecule is CONCc1ccc2sc(C(C)C)nc2c1. The van der Waals surface area contributed by atoms with Gasteiger partial charge in [-0.1, -0.05) is 19.9 Å². The zero-order chi connectivity index (χ0) is 11.5. The fourth-order valence-electron chi connectivity index (χ4n) is 1.50. The highest BCUT2D eigenvalue weighted by atomic mass is 32.1. The summed E-state index contributed by atoms with van der Waals surface area (Å²) in [6.45, 7) is 5.05. The van der Waals surface area contributed by atoms with Crippen LogP contribution in [0.15, 0.2) is 18.2 Å². The highest BCUT2D eigenvalue weighted by molar-refractivity contribution is 7.18. The highest BCUT2D eigenvalue weighted by Crippen LogP contribution is 2.27. The minimum Gasteiger partial charge on any atom is -0.305 e. The van der Waals surface area contributed by atoms with Gasteiger partial charge in [0.1, 0.15) is 0 Å². The van der Waals surface area contributed by atoms with E-state index in [1.807, 2.05) is 0 Å². The summed E-state index contributed by atoms with van der Waals surface area (Å²) < 4.78 is 1.25. The Bertz CT molecular complexity index is 479. The van der Waals surface area contributed by atoms with Crippen molar-refractivity contribution in [1.82, 2.24) is 10.5 Å². The molecule has 1 aromatic heterocycles. The summed E-state index contributed by atoms with van der Waals surface area (Å²) in [4.78, 5) is 9.46. The molecule has 0 fully saturated rings. The van der Waals surface area contributed by atoms with Crippen LogP contribution < -0.4 is 5.48 Å². The van der Waals surface area contributed by atoms with Gasteiger partial charge >= 0.3 is 0 Å². The Kier molecular flexibility index (Phi) is 3.53. The summed E-state index contributed by atoms with van der Waals surface area (Å²) in [6.07, 6.45) is 0. The van der Waals surface area contributed by atoms with Crippen molar-refractivity contribution in [2.75, 3.05) is 7.11 Å². The maximum atomic E-state index is 4.83. The number of aromatic nitrogens is 1. The Labute approximate surface area is 99.4 Å². The van der Waals surface area contributed by atoms with E-state index in [2.05, 4.69) is 42.5 Å². The molecule has 2 aromatic rings. The zero-order valence-corrected chi connectivity index (χ0v) is 10.6. The predicted octanol–water partition coefficient (Wildman–Crippen LogP) is 3.07. The summed E-state index contributed by atoms with van der Waals surface area (Å²) in [5, 5.41) is 1.20. The van der Waals surface area contributed by atoms with E-state index in [0.29, 0.717) is 12.5 Å². The molecule has 0 aliphatic carbocycles. The largest absolute Gasteiger partial charge is 0.305 e. The van der Waals surface area contributed by atoms with Crippen LogP contribution in [0, 0.1) is 0 Å². The van der Waals surface area contributed by atoms with E-state index in [0.717, 1.165) is 5.52 Å². The third-order valence-corrected chi connectivity index (χ3v) is 3.72. The van der Waals surface area contributed by atoms with Crippen LogP contribution in [0.1, 0.15) is 30.3 Å². The van der Waals surface area contributed by atoms with Crippen molar-refractivity contribution in [2.45, 2.75) is 26.3 Å². The molecule has 0 atom stereocenters. The molecule has 1 aromatic carbocycles. The zero-order valence-electron chi connectivity index (χ0n) is 9.78. The Morgan fingerprint density at radius 3 is 2.94 bits per heavy atom. The number of hydroxylamine groups is 1. The van der Waals surface area contributed by atoms with E-state index >= 15 is 0 Å². The first kappa shape index (κ1) is 11.5. The predicted molar refractivity (Wildman–Crippen MR) is 67.6 cm³/mol. The maximum Gasteiger partial charge on any atom is 0.0963 e. The number of benzene rings is 1. The van der Waals surface area contributed by atoms with Gasteiger partial charge in [-0.05, 0) is 17.7 Å². The molecule has 0 aliphatic heterocycles. The lowest BCUT2D eigenvalue weighted by Crippen LogP contribution is -2.10. The van der Waals surface area contributed by atoms with Crippen molar-refractivity contribution in [1.29, 1.82) is 0 Å². The molecule has 0 aliphatic rings. The third-order valence-electron chi connectivity index (χ3n) is 2.38. The van der Waals surface area contributed by atoms with Gasteiger partial charge in [-0.2, -0.15) is 5.48 Å². The van der Waals surface area contributed by atoms with Crippen LogP contribution in [0.3, 0.4) is 0 Å². The van der Waals surface area contributed by atoms with Crippen molar-refractivity contribution >= 4 is 21.6 Å².